The molecule has 0 unspecified atom stereocenters. The maximum absolute atomic E-state index is 14.9. The molecule has 0 fully saturated rings. The Kier molecular flexibility index (Phi) is 5.66. The number of aromatic nitrogens is 4. The number of fused-ring (bicyclic) bond motifs is 2. The van der Waals surface area contributed by atoms with E-state index < -0.39 is 5.82 Å². The van der Waals surface area contributed by atoms with Crippen LogP contribution in [0.4, 0.5) is 21.8 Å². The minimum Gasteiger partial charge on any atom is -0.396 e. The van der Waals surface area contributed by atoms with Gasteiger partial charge in [-0.2, -0.15) is 10.1 Å². The molecule has 0 spiro atoms. The van der Waals surface area contributed by atoms with Crippen LogP contribution in [0.3, 0.4) is 0 Å². The summed E-state index contributed by atoms with van der Waals surface area (Å²) >= 11 is 0. The predicted octanol–water partition coefficient (Wildman–Crippen LogP) is 3.32. The van der Waals surface area contributed by atoms with Crippen molar-refractivity contribution in [2.45, 2.75) is 19.8 Å². The highest BCUT2D eigenvalue weighted by atomic mass is 19.1. The van der Waals surface area contributed by atoms with Crippen LogP contribution in [0.5, 0.6) is 0 Å². The Morgan fingerprint density at radius 2 is 2.21 bits per heavy atom. The highest BCUT2D eigenvalue weighted by molar-refractivity contribution is 5.93. The molecule has 1 aliphatic carbocycles. The summed E-state index contributed by atoms with van der Waals surface area (Å²) < 4.78 is 14.9. The van der Waals surface area contributed by atoms with E-state index >= 15 is 0 Å². The molecular weight excluding hydrogens is 423 g/mol. The third-order valence-electron chi connectivity index (χ3n) is 5.69. The largest absolute Gasteiger partial charge is 0.396 e. The van der Waals surface area contributed by atoms with Crippen LogP contribution in [0.2, 0.25) is 0 Å². The van der Waals surface area contributed by atoms with Gasteiger partial charge in [-0.1, -0.05) is 12.1 Å². The molecule has 0 amide bonds. The van der Waals surface area contributed by atoms with Crippen LogP contribution in [0.25, 0.3) is 10.9 Å². The molecular formula is C23H25FN8O. The number of aliphatic hydroxyl groups is 1. The number of anilines is 3. The lowest BCUT2D eigenvalue weighted by molar-refractivity contribution is 0.239. The Bertz CT molecular complexity index is 1260. The van der Waals surface area contributed by atoms with E-state index in [9.17, 15) is 4.39 Å². The Balaban J connectivity index is 1.42. The molecule has 4 N–H and O–H groups in total. The molecule has 3 aromatic rings. The molecule has 2 aliphatic rings. The molecule has 5 rings (SSSR count). The molecule has 0 atom stereocenters. The van der Waals surface area contributed by atoms with Gasteiger partial charge in [0.25, 0.3) is 0 Å². The van der Waals surface area contributed by atoms with Crippen molar-refractivity contribution in [2.75, 3.05) is 29.9 Å². The quantitative estimate of drug-likeness (QED) is 0.416. The van der Waals surface area contributed by atoms with Crippen molar-refractivity contribution < 1.29 is 9.50 Å². The molecule has 33 heavy (non-hydrogen) atoms. The van der Waals surface area contributed by atoms with E-state index in [1.165, 1.54) is 11.8 Å². The number of allylic oxidation sites excluding steroid dienone is 3. The Labute approximate surface area is 190 Å². The molecule has 170 valence electrons. The Hall–Kier alpha value is -3.92. The van der Waals surface area contributed by atoms with Crippen molar-refractivity contribution in [3.05, 3.63) is 71.7 Å². The van der Waals surface area contributed by atoms with Crippen molar-refractivity contribution in [3.8, 4) is 0 Å². The molecule has 0 bridgehead atoms. The van der Waals surface area contributed by atoms with Gasteiger partial charge in [0.05, 0.1) is 29.3 Å². The van der Waals surface area contributed by atoms with Crippen molar-refractivity contribution in [3.63, 3.8) is 0 Å². The van der Waals surface area contributed by atoms with Crippen LogP contribution in [0.1, 0.15) is 19.8 Å². The van der Waals surface area contributed by atoms with Crippen molar-refractivity contribution in [1.29, 1.82) is 0 Å². The molecule has 0 radical (unpaired) electrons. The van der Waals surface area contributed by atoms with Crippen molar-refractivity contribution in [2.24, 2.45) is 0 Å². The summed E-state index contributed by atoms with van der Waals surface area (Å²) in [5.41, 5.74) is 7.95. The zero-order chi connectivity index (χ0) is 22.8. The number of aliphatic hydroxyl groups excluding tert-OH is 1. The highest BCUT2D eigenvalue weighted by Crippen LogP contribution is 2.33. The summed E-state index contributed by atoms with van der Waals surface area (Å²) in [4.78, 5) is 10.5. The number of nitrogens with one attached hydrogen (secondary N) is 3. The van der Waals surface area contributed by atoms with E-state index in [4.69, 9.17) is 5.11 Å². The normalized spacial score (nSPS) is 15.0. The van der Waals surface area contributed by atoms with E-state index in [0.29, 0.717) is 25.5 Å². The van der Waals surface area contributed by atoms with Gasteiger partial charge >= 0.3 is 0 Å². The first kappa shape index (κ1) is 21.0. The summed E-state index contributed by atoms with van der Waals surface area (Å²) in [6.45, 7) is 3.29. The van der Waals surface area contributed by atoms with Gasteiger partial charge in [0.1, 0.15) is 0 Å². The van der Waals surface area contributed by atoms with Crippen LogP contribution >= 0.6 is 0 Å². The number of nitrogens with zero attached hydrogens (tertiary/aromatic N) is 5. The van der Waals surface area contributed by atoms with Crippen LogP contribution < -0.4 is 15.6 Å². The highest BCUT2D eigenvalue weighted by Gasteiger charge is 2.23. The van der Waals surface area contributed by atoms with Crippen molar-refractivity contribution >= 4 is 28.4 Å². The van der Waals surface area contributed by atoms with E-state index in [-0.39, 0.29) is 12.4 Å². The van der Waals surface area contributed by atoms with Gasteiger partial charge in [0, 0.05) is 37.0 Å². The molecule has 0 saturated heterocycles. The maximum Gasteiger partial charge on any atom is 0.229 e. The van der Waals surface area contributed by atoms with Gasteiger partial charge in [-0.05, 0) is 43.5 Å². The molecule has 0 saturated carbocycles. The molecule has 1 aromatic carbocycles. The van der Waals surface area contributed by atoms with E-state index in [2.05, 4.69) is 30.9 Å². The number of rotatable bonds is 8. The second-order valence-corrected chi connectivity index (χ2v) is 7.76. The van der Waals surface area contributed by atoms with Crippen LogP contribution in [0, 0.1) is 5.82 Å². The molecule has 9 nitrogen and oxygen atoms in total. The second kappa shape index (κ2) is 8.91. The zero-order valence-electron chi connectivity index (χ0n) is 18.2. The van der Waals surface area contributed by atoms with Gasteiger partial charge in [0.15, 0.2) is 11.6 Å². The average molecular weight is 449 g/mol. The number of aromatic amines is 1. The molecule has 1 aliphatic heterocycles. The fourth-order valence-corrected chi connectivity index (χ4v) is 4.09. The first-order valence-corrected chi connectivity index (χ1v) is 10.9. The average Bonchev–Trinajstić information content (AvgIpc) is 3.47. The summed E-state index contributed by atoms with van der Waals surface area (Å²) in [6.07, 6.45) is 10.3. The number of benzene rings is 1. The smallest absolute Gasteiger partial charge is 0.229 e. The van der Waals surface area contributed by atoms with Gasteiger partial charge in [-0.3, -0.25) is 10.1 Å². The first-order valence-electron chi connectivity index (χ1n) is 10.9. The SMILES string of the molecule is CCN(c1nc(NC2=CCC3=CNN(CCCO)C3=C2)ncc1F)c1cccc2[nH]ncc12. The summed E-state index contributed by atoms with van der Waals surface area (Å²) in [5, 5.41) is 22.3. The van der Waals surface area contributed by atoms with Gasteiger partial charge in [0.2, 0.25) is 5.95 Å². The second-order valence-electron chi connectivity index (χ2n) is 7.76. The Morgan fingerprint density at radius 1 is 1.30 bits per heavy atom. The van der Waals surface area contributed by atoms with Gasteiger partial charge in [-0.25, -0.2) is 9.37 Å². The van der Waals surface area contributed by atoms with Crippen LogP contribution in [0.15, 0.2) is 65.9 Å². The van der Waals surface area contributed by atoms with E-state index in [1.807, 2.05) is 53.4 Å². The third-order valence-corrected chi connectivity index (χ3v) is 5.69. The zero-order valence-corrected chi connectivity index (χ0v) is 18.2. The third kappa shape index (κ3) is 4.00. The lowest BCUT2D eigenvalue weighted by Crippen LogP contribution is -2.31. The number of hydrogen-bond acceptors (Lipinski definition) is 8. The minimum atomic E-state index is -0.501. The topological polar surface area (TPSA) is 105 Å². The van der Waals surface area contributed by atoms with Crippen LogP contribution in [-0.4, -0.2) is 50.0 Å². The standard InChI is InChI=1S/C23H25FN8O/c1-2-31(20-6-3-5-19-17(20)13-26-30-19)22-18(24)14-25-23(29-22)28-16-8-7-15-12-27-32(9-4-10-33)21(15)11-16/h3,5-6,8,11-14,27,33H,2,4,7,9-10H2,1H3,(H,26,30)(H,25,28,29). The monoisotopic (exact) mass is 448 g/mol. The predicted molar refractivity (Wildman–Crippen MR) is 125 cm³/mol. The maximum atomic E-state index is 14.9. The summed E-state index contributed by atoms with van der Waals surface area (Å²) in [5.74, 6) is 0.00679. The first-order chi connectivity index (χ1) is 16.2. The minimum absolute atomic E-state index is 0.133. The fourth-order valence-electron chi connectivity index (χ4n) is 4.09. The number of halogens is 1. The number of H-pyrrole nitrogens is 1. The number of hydrogen-bond donors (Lipinski definition) is 4. The van der Waals surface area contributed by atoms with E-state index in [1.54, 1.807) is 6.20 Å². The lowest BCUT2D eigenvalue weighted by Gasteiger charge is -2.25. The molecule has 10 heteroatoms. The summed E-state index contributed by atoms with van der Waals surface area (Å²) in [6, 6.07) is 5.75. The van der Waals surface area contributed by atoms with E-state index in [0.717, 1.165) is 34.4 Å². The van der Waals surface area contributed by atoms with Crippen molar-refractivity contribution in [1.82, 2.24) is 30.6 Å². The van der Waals surface area contributed by atoms with Crippen LogP contribution in [-0.2, 0) is 0 Å². The lowest BCUT2D eigenvalue weighted by atomic mass is 10.0. The summed E-state index contributed by atoms with van der Waals surface area (Å²) in [7, 11) is 0. The Morgan fingerprint density at radius 3 is 3.06 bits per heavy atom. The number of hydrazine groups is 1. The molecule has 2 aromatic heterocycles. The fraction of sp³-hybridized carbons (Fsp3) is 0.261. The van der Waals surface area contributed by atoms with Gasteiger partial charge in [-0.15, -0.1) is 0 Å². The molecule has 3 heterocycles. The van der Waals surface area contributed by atoms with Gasteiger partial charge < -0.3 is 20.7 Å².